The van der Waals surface area contributed by atoms with E-state index in [9.17, 15) is 4.79 Å². The van der Waals surface area contributed by atoms with Gasteiger partial charge in [-0.2, -0.15) is 5.10 Å². The van der Waals surface area contributed by atoms with Crippen LogP contribution in [0, 0.1) is 0 Å². The first-order valence-electron chi connectivity index (χ1n) is 6.17. The average Bonchev–Trinajstić information content (AvgIpc) is 2.91. The Labute approximate surface area is 124 Å². The molecule has 102 valence electrons. The highest BCUT2D eigenvalue weighted by atomic mass is 79.9. The number of nitrogens with zero attached hydrogens (tertiary/aromatic N) is 1. The summed E-state index contributed by atoms with van der Waals surface area (Å²) in [6.07, 6.45) is 2.37. The van der Waals surface area contributed by atoms with E-state index in [1.807, 2.05) is 24.3 Å². The summed E-state index contributed by atoms with van der Waals surface area (Å²) in [5.74, 6) is 0.529. The number of rotatable bonds is 2. The molecule has 1 aromatic heterocycles. The molecule has 0 unspecified atom stereocenters. The molecule has 2 aromatic rings. The Hall–Kier alpha value is -2.08. The Balaban J connectivity index is 1.79. The summed E-state index contributed by atoms with van der Waals surface area (Å²) in [7, 11) is 0. The highest BCUT2D eigenvalue weighted by Gasteiger charge is 2.16. The second-order valence-corrected chi connectivity index (χ2v) is 5.24. The minimum atomic E-state index is -0.271. The van der Waals surface area contributed by atoms with Crippen molar-refractivity contribution in [1.82, 2.24) is 10.4 Å². The maximum Gasteiger partial charge on any atom is 0.287 e. The molecule has 0 radical (unpaired) electrons. The monoisotopic (exact) mass is 333 g/mol. The summed E-state index contributed by atoms with van der Waals surface area (Å²) < 4.78 is 6.37. The Kier molecular flexibility index (Phi) is 3.56. The molecule has 20 heavy (non-hydrogen) atoms. The zero-order valence-electron chi connectivity index (χ0n) is 10.5. The van der Waals surface area contributed by atoms with E-state index in [-0.39, 0.29) is 5.91 Å². The van der Waals surface area contributed by atoms with Gasteiger partial charge in [-0.1, -0.05) is 12.1 Å². The molecule has 5 nitrogen and oxygen atoms in total. The van der Waals surface area contributed by atoms with Gasteiger partial charge in [-0.15, -0.1) is 0 Å². The van der Waals surface area contributed by atoms with Crippen molar-refractivity contribution in [2.45, 2.75) is 6.42 Å². The van der Waals surface area contributed by atoms with Crippen molar-refractivity contribution in [3.63, 3.8) is 0 Å². The summed E-state index contributed by atoms with van der Waals surface area (Å²) in [6, 6.07) is 9.37. The normalized spacial score (nSPS) is 15.6. The maximum absolute atomic E-state index is 11.9. The quantitative estimate of drug-likeness (QED) is 0.830. The lowest BCUT2D eigenvalue weighted by Crippen LogP contribution is -2.23. The molecule has 0 saturated carbocycles. The number of aromatic amines is 1. The lowest BCUT2D eigenvalue weighted by molar-refractivity contribution is 0.0950. The number of benzene rings is 1. The average molecular weight is 334 g/mol. The molecule has 0 saturated heterocycles. The first kappa shape index (κ1) is 12.9. The van der Waals surface area contributed by atoms with Gasteiger partial charge in [0.25, 0.3) is 5.91 Å². The van der Waals surface area contributed by atoms with Crippen molar-refractivity contribution in [3.8, 4) is 5.75 Å². The highest BCUT2D eigenvalue weighted by Crippen LogP contribution is 2.24. The number of carbonyl (C=O) groups is 1. The highest BCUT2D eigenvalue weighted by molar-refractivity contribution is 9.10. The second-order valence-electron chi connectivity index (χ2n) is 4.33. The van der Waals surface area contributed by atoms with Gasteiger partial charge in [0.15, 0.2) is 0 Å². The number of para-hydroxylation sites is 1. The van der Waals surface area contributed by atoms with E-state index >= 15 is 0 Å². The first-order valence-corrected chi connectivity index (χ1v) is 6.96. The van der Waals surface area contributed by atoms with E-state index in [0.29, 0.717) is 18.7 Å². The number of halogens is 1. The van der Waals surface area contributed by atoms with Gasteiger partial charge < -0.3 is 9.72 Å². The van der Waals surface area contributed by atoms with Crippen molar-refractivity contribution in [3.05, 3.63) is 52.3 Å². The van der Waals surface area contributed by atoms with Gasteiger partial charge in [0.05, 0.1) is 12.3 Å². The number of ether oxygens (including phenoxy) is 1. The van der Waals surface area contributed by atoms with Crippen LogP contribution in [0.3, 0.4) is 0 Å². The number of carbonyl (C=O) groups excluding carboxylic acids is 1. The summed E-state index contributed by atoms with van der Waals surface area (Å²) in [4.78, 5) is 14.8. The van der Waals surface area contributed by atoms with E-state index in [1.165, 1.54) is 0 Å². The van der Waals surface area contributed by atoms with Gasteiger partial charge in [-0.05, 0) is 34.1 Å². The minimum Gasteiger partial charge on any atom is -0.492 e. The lowest BCUT2D eigenvalue weighted by atomic mass is 10.0. The van der Waals surface area contributed by atoms with Crippen LogP contribution in [0.25, 0.3) is 0 Å². The smallest absolute Gasteiger partial charge is 0.287 e. The van der Waals surface area contributed by atoms with E-state index in [2.05, 4.69) is 31.4 Å². The number of amides is 1. The number of H-pyrrole nitrogens is 1. The standard InChI is InChI=1S/C14H12BrN3O2/c15-9-7-12(16-8-9)14(19)18-17-11-5-6-20-13-4-2-1-3-10(11)13/h1-4,7-8,16H,5-6H2,(H,18,19)/b17-11-. The van der Waals surface area contributed by atoms with Crippen LogP contribution in [0.2, 0.25) is 0 Å². The molecule has 2 N–H and O–H groups in total. The fourth-order valence-corrected chi connectivity index (χ4v) is 2.36. The summed E-state index contributed by atoms with van der Waals surface area (Å²) in [6.45, 7) is 0.569. The van der Waals surface area contributed by atoms with E-state index in [4.69, 9.17) is 4.74 Å². The van der Waals surface area contributed by atoms with Crippen LogP contribution in [0.15, 0.2) is 46.1 Å². The predicted molar refractivity (Wildman–Crippen MR) is 79.0 cm³/mol. The van der Waals surface area contributed by atoms with Gasteiger partial charge >= 0.3 is 0 Å². The third-order valence-electron chi connectivity index (χ3n) is 2.98. The van der Waals surface area contributed by atoms with Crippen LogP contribution in [0.4, 0.5) is 0 Å². The lowest BCUT2D eigenvalue weighted by Gasteiger charge is -2.18. The van der Waals surface area contributed by atoms with Crippen molar-refractivity contribution < 1.29 is 9.53 Å². The Morgan fingerprint density at radius 3 is 3.05 bits per heavy atom. The van der Waals surface area contributed by atoms with Crippen molar-refractivity contribution in [2.75, 3.05) is 6.61 Å². The third-order valence-corrected chi connectivity index (χ3v) is 3.44. The maximum atomic E-state index is 11.9. The fraction of sp³-hybridized carbons (Fsp3) is 0.143. The topological polar surface area (TPSA) is 66.5 Å². The molecule has 2 heterocycles. The van der Waals surface area contributed by atoms with Gasteiger partial charge in [0.2, 0.25) is 0 Å². The molecule has 1 aliphatic rings. The van der Waals surface area contributed by atoms with Gasteiger partial charge in [-0.25, -0.2) is 5.43 Å². The van der Waals surface area contributed by atoms with Crippen LogP contribution in [-0.4, -0.2) is 23.2 Å². The van der Waals surface area contributed by atoms with Crippen LogP contribution >= 0.6 is 15.9 Å². The van der Waals surface area contributed by atoms with Crippen LogP contribution in [-0.2, 0) is 0 Å². The molecule has 0 atom stereocenters. The Morgan fingerprint density at radius 2 is 2.25 bits per heavy atom. The van der Waals surface area contributed by atoms with E-state index < -0.39 is 0 Å². The molecule has 0 fully saturated rings. The summed E-state index contributed by atoms with van der Waals surface area (Å²) in [5.41, 5.74) is 4.77. The SMILES string of the molecule is O=C(N/N=C1/CCOc2ccccc21)c1cc(Br)c[nH]1. The summed E-state index contributed by atoms with van der Waals surface area (Å²) in [5, 5.41) is 4.21. The number of hydrazone groups is 1. The van der Waals surface area contributed by atoms with Crippen LogP contribution in [0.1, 0.15) is 22.5 Å². The second kappa shape index (κ2) is 5.50. The predicted octanol–water partition coefficient (Wildman–Crippen LogP) is 2.69. The van der Waals surface area contributed by atoms with Crippen molar-refractivity contribution >= 4 is 27.5 Å². The molecule has 0 spiro atoms. The molecular formula is C14H12BrN3O2. The van der Waals surface area contributed by atoms with Gasteiger partial charge in [-0.3, -0.25) is 4.79 Å². The number of hydrogen-bond donors (Lipinski definition) is 2. The minimum absolute atomic E-state index is 0.271. The van der Waals surface area contributed by atoms with Crippen LogP contribution < -0.4 is 10.2 Å². The van der Waals surface area contributed by atoms with Crippen molar-refractivity contribution in [1.29, 1.82) is 0 Å². The van der Waals surface area contributed by atoms with Gasteiger partial charge in [0.1, 0.15) is 11.4 Å². The molecule has 1 aromatic carbocycles. The Morgan fingerprint density at radius 1 is 1.40 bits per heavy atom. The van der Waals surface area contributed by atoms with Crippen LogP contribution in [0.5, 0.6) is 5.75 Å². The molecule has 3 rings (SSSR count). The number of hydrogen-bond acceptors (Lipinski definition) is 3. The van der Waals surface area contributed by atoms with E-state index in [0.717, 1.165) is 21.5 Å². The van der Waals surface area contributed by atoms with Gasteiger partial charge in [0, 0.05) is 22.7 Å². The zero-order chi connectivity index (χ0) is 13.9. The molecule has 1 amide bonds. The number of fused-ring (bicyclic) bond motifs is 1. The Bertz CT molecular complexity index is 679. The summed E-state index contributed by atoms with van der Waals surface area (Å²) >= 11 is 3.29. The molecular weight excluding hydrogens is 322 g/mol. The van der Waals surface area contributed by atoms with E-state index in [1.54, 1.807) is 12.3 Å². The fourth-order valence-electron chi connectivity index (χ4n) is 2.02. The zero-order valence-corrected chi connectivity index (χ0v) is 12.1. The molecule has 0 aliphatic carbocycles. The molecule has 1 aliphatic heterocycles. The molecule has 0 bridgehead atoms. The van der Waals surface area contributed by atoms with Crippen molar-refractivity contribution in [2.24, 2.45) is 5.10 Å². The number of aromatic nitrogens is 1. The molecule has 6 heteroatoms. The third kappa shape index (κ3) is 2.60. The number of nitrogens with one attached hydrogen (secondary N) is 2. The first-order chi connectivity index (χ1) is 9.74. The largest absolute Gasteiger partial charge is 0.492 e.